The number of halogens is 3. The smallest absolute Gasteiger partial charge is 0.373 e. The van der Waals surface area contributed by atoms with Crippen LogP contribution in [0, 0.1) is 17.8 Å². The van der Waals surface area contributed by atoms with Gasteiger partial charge in [0.15, 0.2) is 0 Å². The highest BCUT2D eigenvalue weighted by Gasteiger charge is 2.47. The normalized spacial score (nSPS) is 31.8. The van der Waals surface area contributed by atoms with Gasteiger partial charge >= 0.3 is 6.18 Å². The summed E-state index contributed by atoms with van der Waals surface area (Å²) in [6.07, 6.45) is 0.466. The molecule has 0 aromatic carbocycles. The molecule has 9 heteroatoms. The van der Waals surface area contributed by atoms with Gasteiger partial charge in [0.2, 0.25) is 6.23 Å². The molecule has 0 aromatic rings. The fraction of sp³-hybridized carbons (Fsp3) is 0.765. The summed E-state index contributed by atoms with van der Waals surface area (Å²) in [5.41, 5.74) is 0.775. The van der Waals surface area contributed by atoms with Crippen LogP contribution in [0.25, 0.3) is 0 Å². The highest BCUT2D eigenvalue weighted by molar-refractivity contribution is 8.00. The van der Waals surface area contributed by atoms with Gasteiger partial charge in [0.1, 0.15) is 6.23 Å². The second-order valence-electron chi connectivity index (χ2n) is 6.97. The molecule has 4 N–H and O–H groups in total. The summed E-state index contributed by atoms with van der Waals surface area (Å²) in [4.78, 5) is 0. The van der Waals surface area contributed by atoms with E-state index in [1.807, 2.05) is 38.3 Å². The minimum absolute atomic E-state index is 0.0348. The van der Waals surface area contributed by atoms with Gasteiger partial charge in [-0.15, -0.1) is 11.8 Å². The second-order valence-corrected chi connectivity index (χ2v) is 9.22. The quantitative estimate of drug-likeness (QED) is 0.483. The summed E-state index contributed by atoms with van der Waals surface area (Å²) in [6, 6.07) is 0. The van der Waals surface area contributed by atoms with Crippen molar-refractivity contribution in [1.29, 1.82) is 0 Å². The molecule has 1 saturated heterocycles. The molecule has 2 rings (SSSR count). The molecule has 1 aliphatic carbocycles. The van der Waals surface area contributed by atoms with Crippen LogP contribution in [0.1, 0.15) is 20.3 Å². The van der Waals surface area contributed by atoms with E-state index in [4.69, 9.17) is 0 Å². The van der Waals surface area contributed by atoms with E-state index >= 15 is 0 Å². The van der Waals surface area contributed by atoms with Crippen LogP contribution >= 0.6 is 23.5 Å². The van der Waals surface area contributed by atoms with Crippen LogP contribution in [-0.4, -0.2) is 51.5 Å². The van der Waals surface area contributed by atoms with Crippen molar-refractivity contribution in [2.75, 3.05) is 12.0 Å². The maximum Gasteiger partial charge on any atom is 0.428 e. The minimum atomic E-state index is -4.74. The summed E-state index contributed by atoms with van der Waals surface area (Å²) < 4.78 is 38.1. The number of alkyl halides is 3. The Kier molecular flexibility index (Phi) is 7.79. The largest absolute Gasteiger partial charge is 0.428 e. The molecule has 1 heterocycles. The number of hydrogen-bond donors (Lipinski definition) is 4. The first-order chi connectivity index (χ1) is 12.1. The Morgan fingerprint density at radius 2 is 2.00 bits per heavy atom. The zero-order chi connectivity index (χ0) is 19.5. The van der Waals surface area contributed by atoms with Gasteiger partial charge in [0.25, 0.3) is 0 Å². The van der Waals surface area contributed by atoms with E-state index in [2.05, 4.69) is 10.6 Å². The van der Waals surface area contributed by atoms with Crippen molar-refractivity contribution < 1.29 is 23.4 Å². The number of hydrogen-bond acceptors (Lipinski definition) is 6. The summed E-state index contributed by atoms with van der Waals surface area (Å²) in [5.74, 6) is 0.417. The Bertz CT molecular complexity index is 529. The highest BCUT2D eigenvalue weighted by atomic mass is 32.2. The fourth-order valence-corrected chi connectivity index (χ4v) is 5.62. The van der Waals surface area contributed by atoms with Crippen molar-refractivity contribution in [1.82, 2.24) is 10.6 Å². The van der Waals surface area contributed by atoms with Crippen LogP contribution in [0.4, 0.5) is 13.2 Å². The molecule has 0 amide bonds. The topological polar surface area (TPSA) is 64.5 Å². The van der Waals surface area contributed by atoms with Crippen molar-refractivity contribution >= 4 is 23.5 Å². The molecule has 26 heavy (non-hydrogen) atoms. The van der Waals surface area contributed by atoms with Crippen molar-refractivity contribution in [3.8, 4) is 0 Å². The van der Waals surface area contributed by atoms with E-state index in [1.54, 1.807) is 11.8 Å². The third kappa shape index (κ3) is 5.58. The molecular formula is C17H27F3N2O2S2. The van der Waals surface area contributed by atoms with E-state index < -0.39 is 29.9 Å². The minimum Gasteiger partial charge on any atom is -0.373 e. The third-order valence-corrected chi connectivity index (χ3v) is 7.18. The van der Waals surface area contributed by atoms with Crippen LogP contribution < -0.4 is 10.6 Å². The van der Waals surface area contributed by atoms with Crippen LogP contribution in [0.15, 0.2) is 23.9 Å². The van der Waals surface area contributed by atoms with Gasteiger partial charge in [-0.3, -0.25) is 5.32 Å². The van der Waals surface area contributed by atoms with Crippen molar-refractivity contribution in [2.45, 2.75) is 49.5 Å². The average Bonchev–Trinajstić information content (AvgIpc) is 2.98. The number of aliphatic hydroxyl groups excluding tert-OH is 2. The Hall–Kier alpha value is -0.350. The lowest BCUT2D eigenvalue weighted by molar-refractivity contribution is -0.215. The summed E-state index contributed by atoms with van der Waals surface area (Å²) in [5, 5.41) is 25.1. The van der Waals surface area contributed by atoms with Gasteiger partial charge < -0.3 is 15.5 Å². The first-order valence-electron chi connectivity index (χ1n) is 8.61. The number of thioether (sulfide) groups is 2. The number of rotatable bonds is 7. The first kappa shape index (κ1) is 21.9. The lowest BCUT2D eigenvalue weighted by Crippen LogP contribution is -2.52. The zero-order valence-corrected chi connectivity index (χ0v) is 16.7. The number of allylic oxidation sites excluding steroid dienone is 2. The lowest BCUT2D eigenvalue weighted by Gasteiger charge is -2.33. The standard InChI is InChI=1S/C17H27F3N2O2S2/c1-9(2)12-8-26-15(22-16(24)17(18,19)20)13(12)14(23)21-10-4-6-11(25-3)7-5-10/h4-6,9,11-16,21-24H,7-8H2,1-3H3. The molecule has 0 aromatic heterocycles. The monoisotopic (exact) mass is 412 g/mol. The molecule has 6 atom stereocenters. The van der Waals surface area contributed by atoms with Gasteiger partial charge in [-0.05, 0) is 36.3 Å². The van der Waals surface area contributed by atoms with Gasteiger partial charge in [-0.2, -0.15) is 24.9 Å². The van der Waals surface area contributed by atoms with E-state index in [9.17, 15) is 23.4 Å². The highest BCUT2D eigenvalue weighted by Crippen LogP contribution is 2.42. The Balaban J connectivity index is 2.07. The van der Waals surface area contributed by atoms with Gasteiger partial charge in [-0.25, -0.2) is 0 Å². The van der Waals surface area contributed by atoms with Crippen molar-refractivity contribution in [2.24, 2.45) is 17.8 Å². The maximum atomic E-state index is 12.7. The molecule has 2 aliphatic rings. The average molecular weight is 413 g/mol. The fourth-order valence-electron chi connectivity index (χ4n) is 3.26. The van der Waals surface area contributed by atoms with Crippen LogP contribution in [0.2, 0.25) is 0 Å². The summed E-state index contributed by atoms with van der Waals surface area (Å²) in [7, 11) is 0. The SMILES string of the molecule is CSC1C=CC(NC(O)C2C(NC(O)C(F)(F)F)SCC2C(C)C)=CC1. The Morgan fingerprint density at radius 3 is 2.50 bits per heavy atom. The molecule has 0 radical (unpaired) electrons. The molecule has 0 saturated carbocycles. The molecule has 4 nitrogen and oxygen atoms in total. The Morgan fingerprint density at radius 1 is 1.31 bits per heavy atom. The number of aliphatic hydroxyl groups is 2. The van der Waals surface area contributed by atoms with Crippen LogP contribution in [-0.2, 0) is 0 Å². The zero-order valence-electron chi connectivity index (χ0n) is 15.0. The van der Waals surface area contributed by atoms with Gasteiger partial charge in [-0.1, -0.05) is 26.0 Å². The molecular weight excluding hydrogens is 385 g/mol. The molecule has 6 unspecified atom stereocenters. The molecule has 150 valence electrons. The molecule has 1 fully saturated rings. The molecule has 0 bridgehead atoms. The number of nitrogens with one attached hydrogen (secondary N) is 2. The van der Waals surface area contributed by atoms with Crippen molar-refractivity contribution in [3.63, 3.8) is 0 Å². The van der Waals surface area contributed by atoms with Crippen molar-refractivity contribution in [3.05, 3.63) is 23.9 Å². The predicted molar refractivity (Wildman–Crippen MR) is 102 cm³/mol. The van der Waals surface area contributed by atoms with Gasteiger partial charge in [0.05, 0.1) is 5.37 Å². The van der Waals surface area contributed by atoms with Crippen LogP contribution in [0.5, 0.6) is 0 Å². The lowest BCUT2D eigenvalue weighted by atomic mass is 9.83. The molecule has 1 aliphatic heterocycles. The van der Waals surface area contributed by atoms with Crippen LogP contribution in [0.3, 0.4) is 0 Å². The second kappa shape index (κ2) is 9.23. The maximum absolute atomic E-state index is 12.7. The van der Waals surface area contributed by atoms with Gasteiger partial charge in [0, 0.05) is 16.9 Å². The van der Waals surface area contributed by atoms with E-state index in [-0.39, 0.29) is 11.8 Å². The van der Waals surface area contributed by atoms with E-state index in [0.717, 1.165) is 12.1 Å². The summed E-state index contributed by atoms with van der Waals surface area (Å²) in [6.45, 7) is 3.99. The molecule has 0 spiro atoms. The predicted octanol–water partition coefficient (Wildman–Crippen LogP) is 2.90. The third-order valence-electron chi connectivity index (χ3n) is 4.84. The Labute approximate surface area is 161 Å². The first-order valence-corrected chi connectivity index (χ1v) is 10.9. The van der Waals surface area contributed by atoms with E-state index in [0.29, 0.717) is 11.0 Å². The summed E-state index contributed by atoms with van der Waals surface area (Å²) >= 11 is 3.05. The van der Waals surface area contributed by atoms with E-state index in [1.165, 1.54) is 11.8 Å².